The molecule has 2 nitrogen and oxygen atoms in total. The number of benzene rings is 1. The van der Waals surface area contributed by atoms with Crippen molar-refractivity contribution in [1.29, 1.82) is 0 Å². The molecule has 3 heteroatoms. The van der Waals surface area contributed by atoms with Crippen molar-refractivity contribution in [2.45, 2.75) is 38.6 Å². The second-order valence-corrected chi connectivity index (χ2v) is 5.45. The maximum Gasteiger partial charge on any atom is 0.125 e. The van der Waals surface area contributed by atoms with Gasteiger partial charge in [-0.15, -0.1) is 0 Å². The second kappa shape index (κ2) is 6.44. The summed E-state index contributed by atoms with van der Waals surface area (Å²) in [4.78, 5) is 0. The van der Waals surface area contributed by atoms with Crippen LogP contribution in [0.2, 0.25) is 5.02 Å². The third-order valence-corrected chi connectivity index (χ3v) is 4.00. The zero-order chi connectivity index (χ0) is 13.0. The molecule has 0 radical (unpaired) electrons. The van der Waals surface area contributed by atoms with Gasteiger partial charge in [-0.2, -0.15) is 0 Å². The van der Waals surface area contributed by atoms with E-state index in [0.29, 0.717) is 6.04 Å². The number of rotatable bonds is 6. The summed E-state index contributed by atoms with van der Waals surface area (Å²) in [5.74, 6) is 1.65. The summed E-state index contributed by atoms with van der Waals surface area (Å²) in [6, 6.07) is 6.38. The van der Waals surface area contributed by atoms with Gasteiger partial charge in [0.1, 0.15) is 5.75 Å². The van der Waals surface area contributed by atoms with Gasteiger partial charge in [0.2, 0.25) is 0 Å². The van der Waals surface area contributed by atoms with Gasteiger partial charge in [0.05, 0.1) is 7.11 Å². The first kappa shape index (κ1) is 13.7. The Labute approximate surface area is 115 Å². The van der Waals surface area contributed by atoms with Crippen molar-refractivity contribution in [1.82, 2.24) is 5.32 Å². The van der Waals surface area contributed by atoms with Crippen LogP contribution in [0.4, 0.5) is 0 Å². The van der Waals surface area contributed by atoms with Crippen LogP contribution in [0.1, 0.15) is 44.2 Å². The van der Waals surface area contributed by atoms with Gasteiger partial charge in [-0.3, -0.25) is 0 Å². The first-order chi connectivity index (χ1) is 8.76. The molecule has 0 aromatic heterocycles. The fraction of sp³-hybridized carbons (Fsp3) is 0.600. The molecule has 0 amide bonds. The molecule has 1 fully saturated rings. The number of nitrogens with one attached hydrogen (secondary N) is 1. The van der Waals surface area contributed by atoms with Crippen LogP contribution in [-0.2, 0) is 0 Å². The highest BCUT2D eigenvalue weighted by Crippen LogP contribution is 2.41. The summed E-state index contributed by atoms with van der Waals surface area (Å²) in [5.41, 5.74) is 1.25. The van der Waals surface area contributed by atoms with E-state index in [1.807, 2.05) is 12.1 Å². The lowest BCUT2D eigenvalue weighted by molar-refractivity contribution is 0.227. The molecule has 0 aliphatic heterocycles. The highest BCUT2D eigenvalue weighted by Gasteiger charge is 2.29. The maximum atomic E-state index is 6.03. The van der Waals surface area contributed by atoms with E-state index in [9.17, 15) is 0 Å². The average Bonchev–Trinajstić information content (AvgIpc) is 2.32. The Morgan fingerprint density at radius 3 is 2.78 bits per heavy atom. The van der Waals surface area contributed by atoms with Crippen LogP contribution in [0.15, 0.2) is 18.2 Å². The van der Waals surface area contributed by atoms with Gasteiger partial charge in [-0.1, -0.05) is 31.0 Å². The molecule has 0 saturated heterocycles. The number of hydrogen-bond acceptors (Lipinski definition) is 2. The first-order valence-electron chi connectivity index (χ1n) is 6.83. The van der Waals surface area contributed by atoms with E-state index < -0.39 is 0 Å². The largest absolute Gasteiger partial charge is 0.496 e. The molecule has 2 rings (SSSR count). The van der Waals surface area contributed by atoms with Crippen molar-refractivity contribution in [3.63, 3.8) is 0 Å². The highest BCUT2D eigenvalue weighted by molar-refractivity contribution is 6.30. The summed E-state index contributed by atoms with van der Waals surface area (Å²) < 4.78 is 5.48. The smallest absolute Gasteiger partial charge is 0.125 e. The predicted octanol–water partition coefficient (Wildman–Crippen LogP) is 4.19. The van der Waals surface area contributed by atoms with Crippen LogP contribution in [0, 0.1) is 5.92 Å². The summed E-state index contributed by atoms with van der Waals surface area (Å²) in [6.07, 6.45) is 5.13. The van der Waals surface area contributed by atoms with Crippen molar-refractivity contribution in [3.05, 3.63) is 28.8 Å². The molecule has 0 heterocycles. The molecule has 0 bridgehead atoms. The summed E-state index contributed by atoms with van der Waals surface area (Å²) >= 11 is 6.03. The second-order valence-electron chi connectivity index (χ2n) is 5.01. The van der Waals surface area contributed by atoms with Gasteiger partial charge >= 0.3 is 0 Å². The summed E-state index contributed by atoms with van der Waals surface area (Å²) in [5, 5.41) is 4.39. The fourth-order valence-corrected chi connectivity index (χ4v) is 2.71. The van der Waals surface area contributed by atoms with E-state index in [0.717, 1.165) is 29.7 Å². The van der Waals surface area contributed by atoms with E-state index in [1.54, 1.807) is 7.11 Å². The van der Waals surface area contributed by atoms with Crippen LogP contribution >= 0.6 is 11.6 Å². The van der Waals surface area contributed by atoms with Crippen molar-refractivity contribution < 1.29 is 4.74 Å². The maximum absolute atomic E-state index is 6.03. The quantitative estimate of drug-likeness (QED) is 0.834. The molecule has 1 atom stereocenters. The minimum absolute atomic E-state index is 0.408. The summed E-state index contributed by atoms with van der Waals surface area (Å²) in [7, 11) is 1.72. The molecule has 18 heavy (non-hydrogen) atoms. The molecular weight excluding hydrogens is 246 g/mol. The van der Waals surface area contributed by atoms with Crippen LogP contribution in [-0.4, -0.2) is 13.7 Å². The summed E-state index contributed by atoms with van der Waals surface area (Å²) in [6.45, 7) is 3.25. The predicted molar refractivity (Wildman–Crippen MR) is 76.4 cm³/mol. The Morgan fingerprint density at radius 2 is 2.22 bits per heavy atom. The zero-order valence-corrected chi connectivity index (χ0v) is 12.0. The molecule has 1 saturated carbocycles. The third kappa shape index (κ3) is 2.99. The SMILES string of the molecule is CCCNC(c1ccc(Cl)cc1OC)C1CCC1. The van der Waals surface area contributed by atoms with Crippen LogP contribution in [0.25, 0.3) is 0 Å². The molecule has 1 aliphatic carbocycles. The van der Waals surface area contributed by atoms with Crippen molar-refractivity contribution in [2.24, 2.45) is 5.92 Å². The van der Waals surface area contributed by atoms with Crippen LogP contribution < -0.4 is 10.1 Å². The molecule has 1 aromatic rings. The fourth-order valence-electron chi connectivity index (χ4n) is 2.55. The molecule has 100 valence electrons. The van der Waals surface area contributed by atoms with E-state index in [4.69, 9.17) is 16.3 Å². The van der Waals surface area contributed by atoms with Gasteiger partial charge < -0.3 is 10.1 Å². The third-order valence-electron chi connectivity index (χ3n) is 3.77. The van der Waals surface area contributed by atoms with E-state index in [1.165, 1.54) is 24.8 Å². The number of ether oxygens (including phenoxy) is 1. The van der Waals surface area contributed by atoms with E-state index in [2.05, 4.69) is 18.3 Å². The van der Waals surface area contributed by atoms with Gasteiger partial charge in [0.15, 0.2) is 0 Å². The number of hydrogen-bond donors (Lipinski definition) is 1. The van der Waals surface area contributed by atoms with Gasteiger partial charge in [0.25, 0.3) is 0 Å². The minimum atomic E-state index is 0.408. The molecular formula is C15H22ClNO. The molecule has 1 N–H and O–H groups in total. The van der Waals surface area contributed by atoms with Crippen LogP contribution in [0.5, 0.6) is 5.75 Å². The lowest BCUT2D eigenvalue weighted by atomic mass is 9.77. The zero-order valence-electron chi connectivity index (χ0n) is 11.2. The Hall–Kier alpha value is -0.730. The highest BCUT2D eigenvalue weighted by atomic mass is 35.5. The van der Waals surface area contributed by atoms with Gasteiger partial charge in [-0.25, -0.2) is 0 Å². The Morgan fingerprint density at radius 1 is 1.44 bits per heavy atom. The van der Waals surface area contributed by atoms with Gasteiger partial charge in [-0.05, 0) is 43.9 Å². The molecule has 1 aliphatic rings. The minimum Gasteiger partial charge on any atom is -0.496 e. The first-order valence-corrected chi connectivity index (χ1v) is 7.21. The Balaban J connectivity index is 2.22. The standard InChI is InChI=1S/C15H22ClNO/c1-3-9-17-15(11-5-4-6-11)13-8-7-12(16)10-14(13)18-2/h7-8,10-11,15,17H,3-6,9H2,1-2H3. The van der Waals surface area contributed by atoms with Crippen molar-refractivity contribution in [2.75, 3.05) is 13.7 Å². The number of methoxy groups -OCH3 is 1. The van der Waals surface area contributed by atoms with Gasteiger partial charge in [0, 0.05) is 16.6 Å². The normalized spacial score (nSPS) is 17.3. The van der Waals surface area contributed by atoms with E-state index >= 15 is 0 Å². The van der Waals surface area contributed by atoms with E-state index in [-0.39, 0.29) is 0 Å². The molecule has 0 spiro atoms. The Kier molecular flexibility index (Phi) is 4.90. The average molecular weight is 268 g/mol. The van der Waals surface area contributed by atoms with Crippen molar-refractivity contribution >= 4 is 11.6 Å². The molecule has 1 aromatic carbocycles. The topological polar surface area (TPSA) is 21.3 Å². The Bertz CT molecular complexity index is 390. The monoisotopic (exact) mass is 267 g/mol. The lowest BCUT2D eigenvalue weighted by Gasteiger charge is -2.35. The van der Waals surface area contributed by atoms with Crippen molar-refractivity contribution in [3.8, 4) is 5.75 Å². The number of halogens is 1. The van der Waals surface area contributed by atoms with Crippen LogP contribution in [0.3, 0.4) is 0 Å². The molecule has 1 unspecified atom stereocenters. The lowest BCUT2D eigenvalue weighted by Crippen LogP contribution is -2.33.